The van der Waals surface area contributed by atoms with Crippen molar-refractivity contribution in [1.29, 1.82) is 0 Å². The van der Waals surface area contributed by atoms with E-state index in [2.05, 4.69) is 3.58 Å². The van der Waals surface area contributed by atoms with E-state index in [0.717, 1.165) is 0 Å². The first kappa shape index (κ1) is 11.8. The first-order valence-electron chi connectivity index (χ1n) is 1.32. The van der Waals surface area contributed by atoms with Crippen molar-refractivity contribution in [2.45, 2.75) is 0 Å². The zero-order chi connectivity index (χ0) is 5.91. The molecular formula is H6Al2FO4P. The first-order valence-corrected chi connectivity index (χ1v) is 3.96. The Kier molecular flexibility index (Phi) is 7.31. The Morgan fingerprint density at radius 3 is 2.00 bits per heavy atom. The molecule has 0 rings (SSSR count). The highest BCUT2D eigenvalue weighted by Crippen LogP contribution is 2.34. The monoisotopic (exact) mass is 174 g/mol. The highest BCUT2D eigenvalue weighted by molar-refractivity contribution is 7.47. The van der Waals surface area contributed by atoms with Crippen molar-refractivity contribution in [3.63, 3.8) is 0 Å². The van der Waals surface area contributed by atoms with Crippen LogP contribution in [0.25, 0.3) is 0 Å². The summed E-state index contributed by atoms with van der Waals surface area (Å²) in [5, 5.41) is 0. The molecule has 0 aliphatic rings. The molecule has 8 heteroatoms. The van der Waals surface area contributed by atoms with Crippen molar-refractivity contribution in [3.8, 4) is 0 Å². The third-order valence-corrected chi connectivity index (χ3v) is 1.95. The molecule has 0 aromatic rings. The quantitative estimate of drug-likeness (QED) is 0.380. The minimum absolute atomic E-state index is 0. The van der Waals surface area contributed by atoms with Gasteiger partial charge in [0.1, 0.15) is 0 Å². The van der Waals surface area contributed by atoms with Crippen LogP contribution in [-0.2, 0) is 8.14 Å². The third kappa shape index (κ3) is 10.2. The van der Waals surface area contributed by atoms with Gasteiger partial charge in [0.05, 0.1) is 0 Å². The van der Waals surface area contributed by atoms with Gasteiger partial charge < -0.3 is 16.9 Å². The second-order valence-electron chi connectivity index (χ2n) is 0.729. The minimum Gasteiger partial charge on any atom is -0.387 e. The topological polar surface area (TPSA) is 66.8 Å². The lowest BCUT2D eigenvalue weighted by atomic mass is 15.7. The predicted molar refractivity (Wildman–Crippen MR) is 31.3 cm³/mol. The molecule has 8 heavy (non-hydrogen) atoms. The fraction of sp³-hybridized carbons (Fsp3) is 0. The summed E-state index contributed by atoms with van der Waals surface area (Å²) in [6, 6.07) is 0. The van der Waals surface area contributed by atoms with E-state index in [1.165, 1.54) is 0 Å². The standard InChI is InChI=1S/2Al.FH.H3O4P.4H/c;;;1-5(2,3)4;;;;/h;;1H;(H3,1,2,3,4);;;;/q;+2;;;;;;/p-2. The average Bonchev–Trinajstić information content (AvgIpc) is 1.30. The van der Waals surface area contributed by atoms with Crippen molar-refractivity contribution >= 4 is 41.2 Å². The van der Waals surface area contributed by atoms with Gasteiger partial charge in [0, 0.05) is 0 Å². The number of phosphoric acid groups is 1. The Hall–Kier alpha value is 1.10. The van der Waals surface area contributed by atoms with Gasteiger partial charge >= 0.3 is 23.8 Å². The Morgan fingerprint density at radius 2 is 2.00 bits per heavy atom. The molecule has 0 fully saturated rings. The summed E-state index contributed by atoms with van der Waals surface area (Å²) in [6.45, 7) is 0. The van der Waals surface area contributed by atoms with Crippen molar-refractivity contribution in [2.75, 3.05) is 0 Å². The molecule has 0 aliphatic carbocycles. The zero-order valence-electron chi connectivity index (χ0n) is 3.24. The summed E-state index contributed by atoms with van der Waals surface area (Å²) in [7, 11) is -4.48. The second-order valence-corrected chi connectivity index (χ2v) is 2.96. The van der Waals surface area contributed by atoms with Gasteiger partial charge in [-0.25, -0.2) is 4.57 Å². The number of halogens is 1. The van der Waals surface area contributed by atoms with Gasteiger partial charge in [-0.2, -0.15) is 0 Å². The van der Waals surface area contributed by atoms with Crippen LogP contribution in [0.4, 0.5) is 3.52 Å². The number of rotatable bonds is 2. The van der Waals surface area contributed by atoms with E-state index >= 15 is 0 Å². The lowest BCUT2D eigenvalue weighted by Crippen LogP contribution is -1.87. The van der Waals surface area contributed by atoms with E-state index in [0.29, 0.717) is 0 Å². The van der Waals surface area contributed by atoms with Crippen LogP contribution < -0.4 is 0 Å². The Morgan fingerprint density at radius 1 is 1.62 bits per heavy atom. The summed E-state index contributed by atoms with van der Waals surface area (Å²) < 4.78 is 23.8. The van der Waals surface area contributed by atoms with Gasteiger partial charge in [0.15, 0.2) is 17.4 Å². The molecule has 0 radical (unpaired) electrons. The third-order valence-electron chi connectivity index (χ3n) is 0.217. The highest BCUT2D eigenvalue weighted by Gasteiger charge is 2.13. The lowest BCUT2D eigenvalue weighted by molar-refractivity contribution is 0.281. The largest absolute Gasteiger partial charge is 0.699 e. The van der Waals surface area contributed by atoms with Crippen LogP contribution in [0.3, 0.4) is 0 Å². The lowest BCUT2D eigenvalue weighted by Gasteiger charge is -1.97. The molecule has 0 amide bonds. The van der Waals surface area contributed by atoms with E-state index < -0.39 is 23.8 Å². The summed E-state index contributed by atoms with van der Waals surface area (Å²) in [6.07, 6.45) is 0. The van der Waals surface area contributed by atoms with Gasteiger partial charge in [-0.1, -0.05) is 0 Å². The molecule has 2 N–H and O–H groups in total. The maximum atomic E-state index is 10.9. The highest BCUT2D eigenvalue weighted by atomic mass is 31.2. The van der Waals surface area contributed by atoms with E-state index in [9.17, 15) is 8.09 Å². The van der Waals surface area contributed by atoms with Crippen molar-refractivity contribution < 1.29 is 21.5 Å². The second kappa shape index (κ2) is 4.94. The molecule has 0 spiro atoms. The SMILES string of the molecule is O=P(O)(O)[O][AlH][F].[AlH3]. The van der Waals surface area contributed by atoms with Gasteiger partial charge in [-0.05, 0) is 0 Å². The molecule has 0 aromatic heterocycles. The molecule has 0 aliphatic heterocycles. The Bertz CT molecular complexity index is 88.0. The van der Waals surface area contributed by atoms with Gasteiger partial charge in [-0.15, -0.1) is 0 Å². The van der Waals surface area contributed by atoms with Crippen LogP contribution in [0, 0.1) is 0 Å². The smallest absolute Gasteiger partial charge is 0.387 e. The van der Waals surface area contributed by atoms with Crippen molar-refractivity contribution in [3.05, 3.63) is 0 Å². The molecule has 0 heterocycles. The van der Waals surface area contributed by atoms with Gasteiger partial charge in [0.2, 0.25) is 0 Å². The summed E-state index contributed by atoms with van der Waals surface area (Å²) in [4.78, 5) is 15.4. The average molecular weight is 174 g/mol. The van der Waals surface area contributed by atoms with Crippen LogP contribution in [0.2, 0.25) is 0 Å². The first-order chi connectivity index (χ1) is 3.06. The predicted octanol–water partition coefficient (Wildman–Crippen LogP) is -1.85. The van der Waals surface area contributed by atoms with Crippen LogP contribution >= 0.6 is 7.82 Å². The number of hydrogen-bond acceptors (Lipinski definition) is 2. The molecule has 0 saturated heterocycles. The maximum Gasteiger partial charge on any atom is 0.699 e. The van der Waals surface area contributed by atoms with Crippen LogP contribution in [0.1, 0.15) is 0 Å². The fourth-order valence-electron chi connectivity index (χ4n) is 0.0636. The van der Waals surface area contributed by atoms with Gasteiger partial charge in [-0.3, -0.25) is 0 Å². The van der Waals surface area contributed by atoms with Crippen LogP contribution in [0.5, 0.6) is 0 Å². The normalized spacial score (nSPS) is 9.88. The van der Waals surface area contributed by atoms with Crippen LogP contribution in [-0.4, -0.2) is 43.2 Å². The Balaban J connectivity index is 0. The summed E-state index contributed by atoms with van der Waals surface area (Å²) >= 11 is -2.45. The summed E-state index contributed by atoms with van der Waals surface area (Å²) in [5.41, 5.74) is 0. The zero-order valence-corrected chi connectivity index (χ0v) is 5.55. The molecule has 0 bridgehead atoms. The molecule has 0 atom stereocenters. The van der Waals surface area contributed by atoms with Crippen LogP contribution in [0.15, 0.2) is 0 Å². The Labute approximate surface area is 62.9 Å². The van der Waals surface area contributed by atoms with Gasteiger partial charge in [0.25, 0.3) is 0 Å². The van der Waals surface area contributed by atoms with Crippen molar-refractivity contribution in [2.24, 2.45) is 0 Å². The molecular weight excluding hydrogens is 168 g/mol. The molecule has 4 nitrogen and oxygen atoms in total. The van der Waals surface area contributed by atoms with E-state index in [1.807, 2.05) is 0 Å². The summed E-state index contributed by atoms with van der Waals surface area (Å²) in [5.74, 6) is 0. The molecule has 48 valence electrons. The number of hydrogen-bond donors (Lipinski definition) is 2. The molecule has 0 unspecified atom stereocenters. The maximum absolute atomic E-state index is 10.9. The van der Waals surface area contributed by atoms with E-state index in [-0.39, 0.29) is 17.4 Å². The van der Waals surface area contributed by atoms with Crippen molar-refractivity contribution in [1.82, 2.24) is 0 Å². The van der Waals surface area contributed by atoms with E-state index in [4.69, 9.17) is 9.79 Å². The molecule has 0 saturated carbocycles. The fourth-order valence-corrected chi connectivity index (χ4v) is 0.572. The van der Waals surface area contributed by atoms with E-state index in [1.54, 1.807) is 0 Å². The molecule has 0 aromatic carbocycles. The minimum atomic E-state index is -4.48.